The van der Waals surface area contributed by atoms with E-state index in [-0.39, 0.29) is 27.9 Å². The lowest BCUT2D eigenvalue weighted by molar-refractivity contribution is -0.121. The fourth-order valence-corrected chi connectivity index (χ4v) is 2.22. The minimum atomic E-state index is -0.721. The van der Waals surface area contributed by atoms with Crippen LogP contribution in [0.5, 0.6) is 0 Å². The molecule has 0 aliphatic rings. The molecule has 0 aliphatic heterocycles. The Balaban J connectivity index is 1.93. The van der Waals surface area contributed by atoms with Crippen molar-refractivity contribution in [2.24, 2.45) is 0 Å². The number of ether oxygens (including phenoxy) is 1. The van der Waals surface area contributed by atoms with Crippen molar-refractivity contribution in [2.75, 3.05) is 6.61 Å². The Labute approximate surface area is 141 Å². The van der Waals surface area contributed by atoms with Crippen LogP contribution >= 0.6 is 34.8 Å². The van der Waals surface area contributed by atoms with Gasteiger partial charge in [-0.25, -0.2) is 9.78 Å². The molecule has 2 aromatic heterocycles. The van der Waals surface area contributed by atoms with Crippen LogP contribution in [-0.4, -0.2) is 28.3 Å². The number of halogens is 3. The second-order valence-electron chi connectivity index (χ2n) is 4.22. The third-order valence-corrected chi connectivity index (χ3v) is 3.43. The lowest BCUT2D eigenvalue weighted by atomic mass is 10.2. The molecule has 2 heterocycles. The van der Waals surface area contributed by atoms with E-state index in [2.05, 4.69) is 9.97 Å². The molecule has 0 radical (unpaired) electrons. The smallest absolute Gasteiger partial charge is 0.341 e. The Kier molecular flexibility index (Phi) is 5.71. The van der Waals surface area contributed by atoms with Gasteiger partial charge in [-0.15, -0.1) is 0 Å². The summed E-state index contributed by atoms with van der Waals surface area (Å²) < 4.78 is 4.90. The molecule has 2 rings (SSSR count). The van der Waals surface area contributed by atoms with Crippen LogP contribution in [0.15, 0.2) is 30.6 Å². The van der Waals surface area contributed by atoms with Gasteiger partial charge in [0.25, 0.3) is 0 Å². The fraction of sp³-hybridized carbons (Fsp3) is 0.143. The molecule has 0 spiro atoms. The predicted octanol–water partition coefficient (Wildman–Crippen LogP) is 3.41. The number of carbonyl (C=O) groups is 2. The van der Waals surface area contributed by atoms with Gasteiger partial charge in [0.2, 0.25) is 0 Å². The zero-order valence-corrected chi connectivity index (χ0v) is 13.3. The second kappa shape index (κ2) is 7.54. The van der Waals surface area contributed by atoms with Gasteiger partial charge in [-0.2, -0.15) is 0 Å². The van der Waals surface area contributed by atoms with Crippen LogP contribution < -0.4 is 0 Å². The van der Waals surface area contributed by atoms with E-state index in [9.17, 15) is 9.59 Å². The molecule has 5 nitrogen and oxygen atoms in total. The molecular formula is C14H9Cl3N2O3. The fourth-order valence-electron chi connectivity index (χ4n) is 1.57. The normalized spacial score (nSPS) is 10.3. The highest BCUT2D eigenvalue weighted by molar-refractivity contribution is 6.35. The van der Waals surface area contributed by atoms with Crippen LogP contribution in [0.1, 0.15) is 16.1 Å². The summed E-state index contributed by atoms with van der Waals surface area (Å²) in [6, 6.07) is 4.49. The zero-order valence-electron chi connectivity index (χ0n) is 11.1. The van der Waals surface area contributed by atoms with Crippen molar-refractivity contribution in [1.29, 1.82) is 0 Å². The monoisotopic (exact) mass is 358 g/mol. The summed E-state index contributed by atoms with van der Waals surface area (Å²) in [5.41, 5.74) is 0.464. The summed E-state index contributed by atoms with van der Waals surface area (Å²) in [5.74, 6) is -1.08. The minimum Gasteiger partial charge on any atom is -0.454 e. The number of nitrogens with zero attached hydrogens (tertiary/aromatic N) is 2. The minimum absolute atomic E-state index is 0.0161. The maximum Gasteiger partial charge on any atom is 0.341 e. The van der Waals surface area contributed by atoms with E-state index in [1.807, 2.05) is 0 Å². The van der Waals surface area contributed by atoms with E-state index in [1.165, 1.54) is 24.5 Å². The molecule has 0 saturated heterocycles. The molecule has 2 aromatic rings. The van der Waals surface area contributed by atoms with Crippen molar-refractivity contribution in [3.05, 3.63) is 57.0 Å². The van der Waals surface area contributed by atoms with Gasteiger partial charge in [0.1, 0.15) is 5.15 Å². The Morgan fingerprint density at radius 2 is 1.95 bits per heavy atom. The number of hydrogen-bond donors (Lipinski definition) is 0. The number of ketones is 1. The first-order valence-corrected chi connectivity index (χ1v) is 7.20. The Morgan fingerprint density at radius 1 is 1.18 bits per heavy atom. The Bertz CT molecular complexity index is 722. The third kappa shape index (κ3) is 4.40. The quantitative estimate of drug-likeness (QED) is 0.604. The van der Waals surface area contributed by atoms with Crippen molar-refractivity contribution >= 4 is 46.6 Å². The zero-order chi connectivity index (χ0) is 16.1. The van der Waals surface area contributed by atoms with Crippen molar-refractivity contribution in [3.63, 3.8) is 0 Å². The molecule has 0 aliphatic carbocycles. The number of pyridine rings is 2. The van der Waals surface area contributed by atoms with Crippen LogP contribution in [0.3, 0.4) is 0 Å². The summed E-state index contributed by atoms with van der Waals surface area (Å²) in [4.78, 5) is 31.3. The van der Waals surface area contributed by atoms with E-state index in [0.717, 1.165) is 0 Å². The average Bonchev–Trinajstić information content (AvgIpc) is 2.48. The van der Waals surface area contributed by atoms with E-state index in [0.29, 0.717) is 10.7 Å². The molecule has 0 atom stereocenters. The van der Waals surface area contributed by atoms with E-state index >= 15 is 0 Å². The van der Waals surface area contributed by atoms with Gasteiger partial charge >= 0.3 is 5.97 Å². The van der Waals surface area contributed by atoms with Gasteiger partial charge < -0.3 is 4.74 Å². The molecule has 0 bridgehead atoms. The van der Waals surface area contributed by atoms with Crippen LogP contribution in [0.25, 0.3) is 0 Å². The van der Waals surface area contributed by atoms with Gasteiger partial charge in [-0.1, -0.05) is 34.8 Å². The van der Waals surface area contributed by atoms with Crippen LogP contribution in [-0.2, 0) is 16.0 Å². The van der Waals surface area contributed by atoms with Crippen LogP contribution in [0, 0.1) is 0 Å². The molecule has 0 N–H and O–H groups in total. The maximum absolute atomic E-state index is 11.8. The lowest BCUT2D eigenvalue weighted by Crippen LogP contribution is -2.17. The van der Waals surface area contributed by atoms with Crippen molar-refractivity contribution in [2.45, 2.75) is 6.42 Å². The number of aromatic nitrogens is 2. The van der Waals surface area contributed by atoms with Crippen LogP contribution in [0.4, 0.5) is 0 Å². The summed E-state index contributed by atoms with van der Waals surface area (Å²) in [7, 11) is 0. The standard InChI is InChI=1S/C14H9Cl3N2O3/c15-8-4-11(16)12(19-6-8)5-9(20)7-22-14(21)10-2-1-3-18-13(10)17/h1-4,6H,5,7H2. The first-order valence-electron chi connectivity index (χ1n) is 6.06. The highest BCUT2D eigenvalue weighted by Gasteiger charge is 2.15. The van der Waals surface area contributed by atoms with Gasteiger partial charge in [-0.3, -0.25) is 9.78 Å². The molecule has 0 fully saturated rings. The first kappa shape index (κ1) is 16.7. The molecule has 0 amide bonds. The average molecular weight is 360 g/mol. The number of Topliss-reactive ketones (excluding diaryl/α,β-unsaturated/α-hetero) is 1. The van der Waals surface area contributed by atoms with Gasteiger partial charge in [0.15, 0.2) is 12.4 Å². The van der Waals surface area contributed by atoms with E-state index < -0.39 is 12.6 Å². The second-order valence-corrected chi connectivity index (χ2v) is 5.42. The molecule has 0 aromatic carbocycles. The topological polar surface area (TPSA) is 69.2 Å². The molecular weight excluding hydrogens is 351 g/mol. The number of esters is 1. The number of carbonyl (C=O) groups excluding carboxylic acids is 2. The first-order chi connectivity index (χ1) is 10.5. The van der Waals surface area contributed by atoms with Crippen LogP contribution in [0.2, 0.25) is 15.2 Å². The summed E-state index contributed by atoms with van der Waals surface area (Å²) in [6.45, 7) is -0.412. The Hall–Kier alpha value is -1.69. The van der Waals surface area contributed by atoms with Gasteiger partial charge in [0, 0.05) is 12.4 Å². The van der Waals surface area contributed by atoms with Crippen molar-refractivity contribution < 1.29 is 14.3 Å². The number of hydrogen-bond acceptors (Lipinski definition) is 5. The van der Waals surface area contributed by atoms with E-state index in [4.69, 9.17) is 39.5 Å². The van der Waals surface area contributed by atoms with E-state index in [1.54, 1.807) is 6.07 Å². The highest BCUT2D eigenvalue weighted by atomic mass is 35.5. The molecule has 0 saturated carbocycles. The molecule has 8 heteroatoms. The Morgan fingerprint density at radius 3 is 2.64 bits per heavy atom. The van der Waals surface area contributed by atoms with Crippen molar-refractivity contribution in [1.82, 2.24) is 9.97 Å². The predicted molar refractivity (Wildman–Crippen MR) is 82.5 cm³/mol. The van der Waals surface area contributed by atoms with Gasteiger partial charge in [0.05, 0.1) is 27.7 Å². The summed E-state index contributed by atoms with van der Waals surface area (Å²) in [5, 5.41) is 0.670. The van der Waals surface area contributed by atoms with Crippen molar-refractivity contribution in [3.8, 4) is 0 Å². The maximum atomic E-state index is 11.8. The highest BCUT2D eigenvalue weighted by Crippen LogP contribution is 2.19. The summed E-state index contributed by atoms with van der Waals surface area (Å²) in [6.07, 6.45) is 2.76. The van der Waals surface area contributed by atoms with Gasteiger partial charge in [-0.05, 0) is 18.2 Å². The molecule has 0 unspecified atom stereocenters. The number of rotatable bonds is 5. The SMILES string of the molecule is O=C(COC(=O)c1cccnc1Cl)Cc1ncc(Cl)cc1Cl. The lowest BCUT2D eigenvalue weighted by Gasteiger charge is -2.06. The molecule has 22 heavy (non-hydrogen) atoms. The summed E-state index contributed by atoms with van der Waals surface area (Å²) >= 11 is 17.4. The largest absolute Gasteiger partial charge is 0.454 e. The third-order valence-electron chi connectivity index (χ3n) is 2.59. The molecule has 114 valence electrons.